The van der Waals surface area contributed by atoms with Crippen LogP contribution in [0.1, 0.15) is 11.1 Å². The summed E-state index contributed by atoms with van der Waals surface area (Å²) in [6, 6.07) is 14.5. The number of nitrogens with zero attached hydrogens (tertiary/aromatic N) is 1. The van der Waals surface area contributed by atoms with Crippen LogP contribution in [-0.2, 0) is 37.5 Å². The third kappa shape index (κ3) is 4.69. The molecule has 0 amide bonds. The van der Waals surface area contributed by atoms with Crippen molar-refractivity contribution in [3.63, 3.8) is 0 Å². The second-order valence-electron chi connectivity index (χ2n) is 6.96. The van der Waals surface area contributed by atoms with E-state index in [-0.39, 0.29) is 30.6 Å². The lowest BCUT2D eigenvalue weighted by Gasteiger charge is -2.20. The molecular formula is C21H18N2O8S. The number of hydrogen-bond acceptors (Lipinski definition) is 8. The van der Waals surface area contributed by atoms with Gasteiger partial charge in [-0.3, -0.25) is 14.9 Å². The minimum Gasteiger partial charge on any atom is -0.467 e. The van der Waals surface area contributed by atoms with Gasteiger partial charge in [0.2, 0.25) is 10.0 Å². The highest BCUT2D eigenvalue weighted by Gasteiger charge is 2.22. The van der Waals surface area contributed by atoms with Crippen LogP contribution in [0, 0.1) is 10.1 Å². The average molecular weight is 458 g/mol. The fourth-order valence-electron chi connectivity index (χ4n) is 3.27. The van der Waals surface area contributed by atoms with E-state index in [4.69, 9.17) is 14.2 Å². The Kier molecular flexibility index (Phi) is 6.04. The lowest BCUT2D eigenvalue weighted by atomic mass is 10.1. The van der Waals surface area contributed by atoms with E-state index < -0.39 is 27.5 Å². The number of ether oxygens (including phenoxy) is 3. The molecule has 0 spiro atoms. The maximum Gasteiger partial charge on any atom is 0.321 e. The van der Waals surface area contributed by atoms with Crippen LogP contribution < -0.4 is 9.46 Å². The molecule has 0 atom stereocenters. The zero-order chi connectivity index (χ0) is 22.7. The highest BCUT2D eigenvalue weighted by atomic mass is 32.2. The molecule has 1 heterocycles. The summed E-state index contributed by atoms with van der Waals surface area (Å²) in [6.07, 6.45) is 0. The van der Waals surface area contributed by atoms with Crippen molar-refractivity contribution in [2.75, 3.05) is 13.3 Å². The molecule has 1 aliphatic rings. The van der Waals surface area contributed by atoms with Gasteiger partial charge in [-0.25, -0.2) is 8.42 Å². The van der Waals surface area contributed by atoms with E-state index in [9.17, 15) is 23.3 Å². The Morgan fingerprint density at radius 3 is 2.69 bits per heavy atom. The molecule has 0 fully saturated rings. The van der Waals surface area contributed by atoms with Crippen molar-refractivity contribution in [2.45, 2.75) is 18.1 Å². The molecule has 1 aliphatic heterocycles. The van der Waals surface area contributed by atoms with Gasteiger partial charge in [-0.05, 0) is 22.9 Å². The second-order valence-corrected chi connectivity index (χ2v) is 8.72. The van der Waals surface area contributed by atoms with E-state index in [1.165, 1.54) is 24.3 Å². The average Bonchev–Trinajstić information content (AvgIpc) is 2.80. The number of carbonyl (C=O) groups is 1. The predicted molar refractivity (Wildman–Crippen MR) is 112 cm³/mol. The number of nitro groups is 1. The molecule has 4 rings (SSSR count). The third-order valence-corrected chi connectivity index (χ3v) is 6.21. The summed E-state index contributed by atoms with van der Waals surface area (Å²) in [5, 5.41) is 12.8. The van der Waals surface area contributed by atoms with Crippen LogP contribution in [0.25, 0.3) is 10.8 Å². The first kappa shape index (κ1) is 21.7. The van der Waals surface area contributed by atoms with Crippen LogP contribution in [-0.4, -0.2) is 32.6 Å². The monoisotopic (exact) mass is 458 g/mol. The van der Waals surface area contributed by atoms with Crippen molar-refractivity contribution >= 4 is 32.5 Å². The van der Waals surface area contributed by atoms with Crippen molar-refractivity contribution in [3.8, 4) is 5.75 Å². The van der Waals surface area contributed by atoms with Gasteiger partial charge in [-0.15, -0.1) is 0 Å². The molecule has 11 heteroatoms. The molecule has 32 heavy (non-hydrogen) atoms. The van der Waals surface area contributed by atoms with Crippen LogP contribution in [0.4, 0.5) is 5.69 Å². The van der Waals surface area contributed by atoms with Gasteiger partial charge in [-0.2, -0.15) is 4.72 Å². The second kappa shape index (κ2) is 8.91. The van der Waals surface area contributed by atoms with Crippen molar-refractivity contribution < 1.29 is 32.3 Å². The molecule has 0 radical (unpaired) electrons. The highest BCUT2D eigenvalue weighted by Crippen LogP contribution is 2.33. The van der Waals surface area contributed by atoms with Gasteiger partial charge in [-0.1, -0.05) is 30.3 Å². The number of fused-ring (bicyclic) bond motifs is 2. The normalized spacial score (nSPS) is 13.2. The SMILES string of the molecule is O=C(CNS(=O)(=O)c1ccc2ccccc2c1)OCc1cc([N+](=O)[O-])cc2c1OCOC2. The number of sulfonamides is 1. The van der Waals surface area contributed by atoms with E-state index in [2.05, 4.69) is 4.72 Å². The number of esters is 1. The molecular weight excluding hydrogens is 440 g/mol. The smallest absolute Gasteiger partial charge is 0.321 e. The van der Waals surface area contributed by atoms with Crippen molar-refractivity contribution in [1.29, 1.82) is 0 Å². The summed E-state index contributed by atoms with van der Waals surface area (Å²) in [7, 11) is -3.94. The molecule has 0 aromatic heterocycles. The van der Waals surface area contributed by atoms with Gasteiger partial charge >= 0.3 is 5.97 Å². The van der Waals surface area contributed by atoms with Crippen molar-refractivity contribution in [3.05, 3.63) is 75.8 Å². The lowest BCUT2D eigenvalue weighted by molar-refractivity contribution is -0.385. The fourth-order valence-corrected chi connectivity index (χ4v) is 4.28. The molecule has 166 valence electrons. The van der Waals surface area contributed by atoms with Crippen LogP contribution in [0.2, 0.25) is 0 Å². The summed E-state index contributed by atoms with van der Waals surface area (Å²) in [5.74, 6) is -0.493. The van der Waals surface area contributed by atoms with E-state index in [0.717, 1.165) is 10.8 Å². The summed E-state index contributed by atoms with van der Waals surface area (Å²) in [4.78, 5) is 22.7. The topological polar surface area (TPSA) is 134 Å². The van der Waals surface area contributed by atoms with Crippen LogP contribution >= 0.6 is 0 Å². The quantitative estimate of drug-likeness (QED) is 0.324. The number of non-ortho nitro benzene ring substituents is 1. The Morgan fingerprint density at radius 2 is 1.91 bits per heavy atom. The number of hydrogen-bond donors (Lipinski definition) is 1. The van der Waals surface area contributed by atoms with Crippen molar-refractivity contribution in [2.24, 2.45) is 0 Å². The molecule has 0 saturated heterocycles. The maximum atomic E-state index is 12.5. The van der Waals surface area contributed by atoms with Crippen LogP contribution in [0.3, 0.4) is 0 Å². The minimum absolute atomic E-state index is 0.0187. The van der Waals surface area contributed by atoms with Crippen LogP contribution in [0.15, 0.2) is 59.5 Å². The first-order valence-electron chi connectivity index (χ1n) is 9.48. The van der Waals surface area contributed by atoms with Gasteiger partial charge < -0.3 is 14.2 Å². The molecule has 1 N–H and O–H groups in total. The first-order chi connectivity index (χ1) is 15.3. The van der Waals surface area contributed by atoms with Gasteiger partial charge in [0.1, 0.15) is 18.9 Å². The highest BCUT2D eigenvalue weighted by molar-refractivity contribution is 7.89. The predicted octanol–water partition coefficient (Wildman–Crippen LogP) is 2.64. The number of rotatable bonds is 7. The van der Waals surface area contributed by atoms with Crippen molar-refractivity contribution in [1.82, 2.24) is 4.72 Å². The number of benzene rings is 3. The molecule has 3 aromatic rings. The number of carbonyl (C=O) groups excluding carboxylic acids is 1. The minimum atomic E-state index is -3.94. The summed E-state index contributed by atoms with van der Waals surface area (Å²) < 4.78 is 42.9. The zero-order valence-electron chi connectivity index (χ0n) is 16.6. The lowest BCUT2D eigenvalue weighted by Crippen LogP contribution is -2.30. The number of nitro benzene ring substituents is 1. The molecule has 3 aromatic carbocycles. The largest absolute Gasteiger partial charge is 0.467 e. The Balaban J connectivity index is 1.42. The van der Waals surface area contributed by atoms with Gasteiger partial charge in [0, 0.05) is 23.3 Å². The Bertz CT molecular complexity index is 1310. The first-order valence-corrected chi connectivity index (χ1v) is 11.0. The fraction of sp³-hybridized carbons (Fsp3) is 0.190. The summed E-state index contributed by atoms with van der Waals surface area (Å²) >= 11 is 0. The molecule has 0 bridgehead atoms. The van der Waals surface area contributed by atoms with Crippen LogP contribution in [0.5, 0.6) is 5.75 Å². The summed E-state index contributed by atoms with van der Waals surface area (Å²) in [5.41, 5.74) is 0.567. The standard InChI is InChI=1S/C21H18N2O8S/c24-20(10-22-32(27,28)19-6-5-14-3-1-2-4-15(14)9-19)30-12-17-8-18(23(25)26)7-16-11-29-13-31-21(16)17/h1-9,22H,10-13H2. The molecule has 10 nitrogen and oxygen atoms in total. The van der Waals surface area contributed by atoms with Gasteiger partial charge in [0.25, 0.3) is 5.69 Å². The Labute approximate surface area is 182 Å². The Morgan fingerprint density at radius 1 is 1.12 bits per heavy atom. The number of nitrogens with one attached hydrogen (secondary N) is 1. The van der Waals surface area contributed by atoms with E-state index in [1.807, 2.05) is 12.1 Å². The van der Waals surface area contributed by atoms with E-state index in [1.54, 1.807) is 18.2 Å². The zero-order valence-corrected chi connectivity index (χ0v) is 17.5. The van der Waals surface area contributed by atoms with Gasteiger partial charge in [0.05, 0.1) is 16.4 Å². The maximum absolute atomic E-state index is 12.5. The van der Waals surface area contributed by atoms with Gasteiger partial charge in [0.15, 0.2) is 6.79 Å². The summed E-state index contributed by atoms with van der Waals surface area (Å²) in [6.45, 7) is -0.822. The molecule has 0 saturated carbocycles. The van der Waals surface area contributed by atoms with E-state index in [0.29, 0.717) is 16.9 Å². The molecule has 0 unspecified atom stereocenters. The Hall–Kier alpha value is -3.54. The molecule has 0 aliphatic carbocycles. The van der Waals surface area contributed by atoms with E-state index >= 15 is 0 Å². The third-order valence-electron chi connectivity index (χ3n) is 4.81.